The summed E-state index contributed by atoms with van der Waals surface area (Å²) < 4.78 is 0.912. The van der Waals surface area contributed by atoms with Gasteiger partial charge in [0.2, 0.25) is 0 Å². The molecule has 0 bridgehead atoms. The molecule has 1 aromatic heterocycles. The van der Waals surface area contributed by atoms with Gasteiger partial charge in [0, 0.05) is 15.1 Å². The third kappa shape index (κ3) is 1.99. The van der Waals surface area contributed by atoms with Gasteiger partial charge in [-0.2, -0.15) is 0 Å². The molecular formula is C12H9Cl2NO2S. The Labute approximate surface area is 118 Å². The number of amides is 1. The zero-order valence-corrected chi connectivity index (χ0v) is 11.6. The van der Waals surface area contributed by atoms with Gasteiger partial charge in [-0.25, -0.2) is 5.06 Å². The van der Waals surface area contributed by atoms with Gasteiger partial charge in [0.25, 0.3) is 5.91 Å². The molecule has 6 heteroatoms. The van der Waals surface area contributed by atoms with Crippen LogP contribution in [0, 0.1) is 0 Å². The van der Waals surface area contributed by atoms with Crippen LogP contribution >= 0.6 is 34.5 Å². The fourth-order valence-corrected chi connectivity index (χ4v) is 3.63. The molecule has 0 unspecified atom stereocenters. The lowest BCUT2D eigenvalue weighted by Crippen LogP contribution is -2.25. The molecular weight excluding hydrogens is 293 g/mol. The number of nitrogens with zero attached hydrogens (tertiary/aromatic N) is 1. The van der Waals surface area contributed by atoms with Crippen molar-refractivity contribution >= 4 is 50.5 Å². The van der Waals surface area contributed by atoms with Gasteiger partial charge >= 0.3 is 0 Å². The van der Waals surface area contributed by atoms with E-state index in [2.05, 4.69) is 0 Å². The minimum Gasteiger partial charge on any atom is -0.271 e. The van der Waals surface area contributed by atoms with Crippen molar-refractivity contribution in [1.82, 2.24) is 5.06 Å². The van der Waals surface area contributed by atoms with Crippen LogP contribution in [0.5, 0.6) is 0 Å². The second kappa shape index (κ2) is 4.70. The monoisotopic (exact) mass is 301 g/mol. The van der Waals surface area contributed by atoms with Crippen LogP contribution in [0.25, 0.3) is 10.1 Å². The molecule has 0 atom stereocenters. The zero-order valence-electron chi connectivity index (χ0n) is 9.28. The largest absolute Gasteiger partial charge is 0.289 e. The van der Waals surface area contributed by atoms with Crippen molar-refractivity contribution in [2.75, 3.05) is 13.2 Å². The van der Waals surface area contributed by atoms with E-state index in [4.69, 9.17) is 28.0 Å². The van der Waals surface area contributed by atoms with Crippen molar-refractivity contribution < 1.29 is 9.63 Å². The first kappa shape index (κ1) is 12.2. The second-order valence-electron chi connectivity index (χ2n) is 3.98. The number of thiophene rings is 1. The Morgan fingerprint density at radius 1 is 1.39 bits per heavy atom. The molecule has 1 saturated heterocycles. The van der Waals surface area contributed by atoms with E-state index < -0.39 is 0 Å². The Morgan fingerprint density at radius 2 is 2.22 bits per heavy atom. The molecule has 1 fully saturated rings. The maximum absolute atomic E-state index is 12.2. The molecule has 2 heterocycles. The van der Waals surface area contributed by atoms with Crippen molar-refractivity contribution in [3.05, 3.63) is 33.1 Å². The van der Waals surface area contributed by atoms with Gasteiger partial charge in [-0.1, -0.05) is 29.3 Å². The molecule has 0 N–H and O–H groups in total. The SMILES string of the molecule is O=C(c1sc2cc(Cl)ccc2c1Cl)N1CCCO1. The Kier molecular flexibility index (Phi) is 3.20. The first-order chi connectivity index (χ1) is 8.66. The standard InChI is InChI=1S/C12H9Cl2NO2S/c13-7-2-3-8-9(6-7)18-11(10(8)14)12(16)15-4-1-5-17-15/h2-3,6H,1,4-5H2. The van der Waals surface area contributed by atoms with Crippen LogP contribution in [0.1, 0.15) is 16.1 Å². The summed E-state index contributed by atoms with van der Waals surface area (Å²) in [6, 6.07) is 5.41. The third-order valence-electron chi connectivity index (χ3n) is 2.76. The van der Waals surface area contributed by atoms with E-state index in [9.17, 15) is 4.79 Å². The van der Waals surface area contributed by atoms with Gasteiger partial charge in [-0.15, -0.1) is 11.3 Å². The Bertz CT molecular complexity index is 620. The highest BCUT2D eigenvalue weighted by Crippen LogP contribution is 2.37. The molecule has 0 aliphatic carbocycles. The number of rotatable bonds is 1. The summed E-state index contributed by atoms with van der Waals surface area (Å²) >= 11 is 13.5. The summed E-state index contributed by atoms with van der Waals surface area (Å²) in [7, 11) is 0. The lowest BCUT2D eigenvalue weighted by atomic mass is 10.2. The van der Waals surface area contributed by atoms with Crippen molar-refractivity contribution in [3.63, 3.8) is 0 Å². The van der Waals surface area contributed by atoms with Gasteiger partial charge < -0.3 is 0 Å². The van der Waals surface area contributed by atoms with Gasteiger partial charge in [0.15, 0.2) is 0 Å². The Morgan fingerprint density at radius 3 is 2.94 bits per heavy atom. The molecule has 0 saturated carbocycles. The number of hydroxylamine groups is 2. The van der Waals surface area contributed by atoms with Crippen molar-refractivity contribution in [2.24, 2.45) is 0 Å². The number of carbonyl (C=O) groups excluding carboxylic acids is 1. The molecule has 1 aliphatic heterocycles. The number of carbonyl (C=O) groups is 1. The minimum absolute atomic E-state index is 0.171. The van der Waals surface area contributed by atoms with Crippen molar-refractivity contribution in [2.45, 2.75) is 6.42 Å². The molecule has 0 spiro atoms. The molecule has 94 valence electrons. The predicted octanol–water partition coefficient (Wildman–Crippen LogP) is 3.99. The van der Waals surface area contributed by atoms with Crippen molar-refractivity contribution in [1.29, 1.82) is 0 Å². The Hall–Kier alpha value is -0.810. The second-order valence-corrected chi connectivity index (χ2v) is 5.85. The number of fused-ring (bicyclic) bond motifs is 1. The highest BCUT2D eigenvalue weighted by molar-refractivity contribution is 7.21. The van der Waals surface area contributed by atoms with E-state index in [0.29, 0.717) is 28.1 Å². The highest BCUT2D eigenvalue weighted by Gasteiger charge is 2.25. The van der Waals surface area contributed by atoms with E-state index in [1.54, 1.807) is 6.07 Å². The van der Waals surface area contributed by atoms with Crippen LogP contribution in [0.3, 0.4) is 0 Å². The molecule has 2 aromatic rings. The van der Waals surface area contributed by atoms with E-state index in [1.807, 2.05) is 12.1 Å². The first-order valence-corrected chi connectivity index (χ1v) is 7.06. The molecule has 1 aromatic carbocycles. The van der Waals surface area contributed by atoms with Crippen LogP contribution in [0.15, 0.2) is 18.2 Å². The minimum atomic E-state index is -0.171. The number of hydrogen-bond acceptors (Lipinski definition) is 3. The summed E-state index contributed by atoms with van der Waals surface area (Å²) in [4.78, 5) is 18.0. The van der Waals surface area contributed by atoms with Gasteiger partial charge in [-0.3, -0.25) is 9.63 Å². The number of hydrogen-bond donors (Lipinski definition) is 0. The van der Waals surface area contributed by atoms with Gasteiger partial charge in [0.05, 0.1) is 18.2 Å². The Balaban J connectivity index is 2.06. The first-order valence-electron chi connectivity index (χ1n) is 5.49. The molecule has 1 aliphatic rings. The van der Waals surface area contributed by atoms with E-state index in [-0.39, 0.29) is 5.91 Å². The molecule has 3 nitrogen and oxygen atoms in total. The maximum atomic E-state index is 12.2. The number of halogens is 2. The summed E-state index contributed by atoms with van der Waals surface area (Å²) in [5.74, 6) is -0.171. The molecule has 18 heavy (non-hydrogen) atoms. The van der Waals surface area contributed by atoms with Crippen LogP contribution in [0.4, 0.5) is 0 Å². The van der Waals surface area contributed by atoms with E-state index in [1.165, 1.54) is 16.4 Å². The lowest BCUT2D eigenvalue weighted by Gasteiger charge is -2.12. The van der Waals surface area contributed by atoms with Crippen LogP contribution in [-0.2, 0) is 4.84 Å². The summed E-state index contributed by atoms with van der Waals surface area (Å²) in [6.45, 7) is 1.20. The lowest BCUT2D eigenvalue weighted by molar-refractivity contribution is -0.0765. The van der Waals surface area contributed by atoms with Crippen molar-refractivity contribution in [3.8, 4) is 0 Å². The summed E-state index contributed by atoms with van der Waals surface area (Å²) in [5, 5.41) is 3.34. The highest BCUT2D eigenvalue weighted by atomic mass is 35.5. The van der Waals surface area contributed by atoms with Crippen LogP contribution in [0.2, 0.25) is 10.0 Å². The van der Waals surface area contributed by atoms with Gasteiger partial charge in [0.1, 0.15) is 4.88 Å². The summed E-state index contributed by atoms with van der Waals surface area (Å²) in [5.41, 5.74) is 0. The fourth-order valence-electron chi connectivity index (χ4n) is 1.90. The zero-order chi connectivity index (χ0) is 12.7. The third-order valence-corrected chi connectivity index (χ3v) is 4.65. The van der Waals surface area contributed by atoms with Gasteiger partial charge in [-0.05, 0) is 18.6 Å². The summed E-state index contributed by atoms with van der Waals surface area (Å²) in [6.07, 6.45) is 0.861. The van der Waals surface area contributed by atoms with Crippen LogP contribution < -0.4 is 0 Å². The molecule has 0 radical (unpaired) electrons. The number of benzene rings is 1. The maximum Gasteiger partial charge on any atom is 0.289 e. The average molecular weight is 302 g/mol. The predicted molar refractivity (Wildman–Crippen MR) is 73.5 cm³/mol. The average Bonchev–Trinajstić information content (AvgIpc) is 2.97. The molecule has 3 rings (SSSR count). The normalized spacial score (nSPS) is 15.6. The fraction of sp³-hybridized carbons (Fsp3) is 0.250. The topological polar surface area (TPSA) is 29.5 Å². The van der Waals surface area contributed by atoms with E-state index >= 15 is 0 Å². The van der Waals surface area contributed by atoms with Crippen LogP contribution in [-0.4, -0.2) is 24.1 Å². The quantitative estimate of drug-likeness (QED) is 0.797. The molecule has 1 amide bonds. The smallest absolute Gasteiger partial charge is 0.271 e. The van der Waals surface area contributed by atoms with E-state index in [0.717, 1.165) is 16.5 Å².